The highest BCUT2D eigenvalue weighted by atomic mass is 31.2. The van der Waals surface area contributed by atoms with E-state index < -0.39 is 7.82 Å². The van der Waals surface area contributed by atoms with E-state index in [4.69, 9.17) is 10.6 Å². The van der Waals surface area contributed by atoms with Gasteiger partial charge in [0, 0.05) is 6.54 Å². The highest BCUT2D eigenvalue weighted by Crippen LogP contribution is 2.42. The monoisotopic (exact) mass is 183 g/mol. The number of rotatable bonds is 6. The first-order valence-corrected chi connectivity index (χ1v) is 4.94. The van der Waals surface area contributed by atoms with Gasteiger partial charge in [0.1, 0.15) is 0 Å². The van der Waals surface area contributed by atoms with Gasteiger partial charge in [0.2, 0.25) is 0 Å². The second-order valence-corrected chi connectivity index (χ2v) is 3.38. The Morgan fingerprint density at radius 2 is 2.00 bits per heavy atom. The number of hydrogen-bond donors (Lipinski definition) is 2. The van der Waals surface area contributed by atoms with Crippen LogP contribution in [0.3, 0.4) is 0 Å². The van der Waals surface area contributed by atoms with E-state index in [9.17, 15) is 4.57 Å². The molecular formula is C5H14NO4P. The molecule has 6 heteroatoms. The van der Waals surface area contributed by atoms with Crippen LogP contribution >= 0.6 is 7.82 Å². The molecule has 0 aliphatic carbocycles. The zero-order valence-corrected chi connectivity index (χ0v) is 7.42. The van der Waals surface area contributed by atoms with Crippen LogP contribution in [0.4, 0.5) is 0 Å². The van der Waals surface area contributed by atoms with Crippen LogP contribution < -0.4 is 5.73 Å². The second kappa shape index (κ2) is 5.69. The van der Waals surface area contributed by atoms with Crippen LogP contribution in [-0.2, 0) is 13.6 Å². The summed E-state index contributed by atoms with van der Waals surface area (Å²) in [6.07, 6.45) is 0.677. The summed E-state index contributed by atoms with van der Waals surface area (Å²) in [5.74, 6) is 0. The molecule has 0 saturated carbocycles. The van der Waals surface area contributed by atoms with Crippen molar-refractivity contribution in [2.24, 2.45) is 5.73 Å². The van der Waals surface area contributed by atoms with Crippen molar-refractivity contribution < 1.29 is 18.5 Å². The van der Waals surface area contributed by atoms with Crippen molar-refractivity contribution in [2.45, 2.75) is 13.3 Å². The van der Waals surface area contributed by atoms with Gasteiger partial charge in [-0.2, -0.15) is 0 Å². The van der Waals surface area contributed by atoms with E-state index in [-0.39, 0.29) is 19.8 Å². The first-order chi connectivity index (χ1) is 5.12. The van der Waals surface area contributed by atoms with E-state index in [0.717, 1.165) is 0 Å². The zero-order chi connectivity index (χ0) is 8.74. The highest BCUT2D eigenvalue weighted by Gasteiger charge is 2.18. The van der Waals surface area contributed by atoms with Crippen molar-refractivity contribution in [1.82, 2.24) is 0 Å². The van der Waals surface area contributed by atoms with Crippen molar-refractivity contribution in [3.8, 4) is 0 Å². The molecule has 0 aromatic carbocycles. The van der Waals surface area contributed by atoms with E-state index in [2.05, 4.69) is 9.05 Å². The fraction of sp³-hybridized carbons (Fsp3) is 1.00. The summed E-state index contributed by atoms with van der Waals surface area (Å²) in [6.45, 7) is 2.30. The number of hydrogen-bond acceptors (Lipinski definition) is 4. The SMILES string of the molecule is CCCOP(=O)(O)OCCN. The lowest BCUT2D eigenvalue weighted by Crippen LogP contribution is -2.08. The first-order valence-electron chi connectivity index (χ1n) is 3.44. The predicted molar refractivity (Wildman–Crippen MR) is 41.1 cm³/mol. The molecular weight excluding hydrogens is 169 g/mol. The maximum absolute atomic E-state index is 10.8. The predicted octanol–water partition coefficient (Wildman–Crippen LogP) is 0.489. The van der Waals surface area contributed by atoms with E-state index in [1.165, 1.54) is 0 Å². The zero-order valence-electron chi connectivity index (χ0n) is 6.52. The van der Waals surface area contributed by atoms with Crippen LogP contribution in [-0.4, -0.2) is 24.7 Å². The Hall–Kier alpha value is 0.0700. The molecule has 0 saturated heterocycles. The van der Waals surface area contributed by atoms with E-state index >= 15 is 0 Å². The summed E-state index contributed by atoms with van der Waals surface area (Å²) >= 11 is 0. The molecule has 1 atom stereocenters. The molecule has 68 valence electrons. The lowest BCUT2D eigenvalue weighted by atomic mass is 10.5. The Labute approximate surface area is 66.1 Å². The first kappa shape index (κ1) is 11.1. The molecule has 0 aromatic rings. The van der Waals surface area contributed by atoms with Crippen LogP contribution in [0.15, 0.2) is 0 Å². The van der Waals surface area contributed by atoms with Gasteiger partial charge < -0.3 is 10.6 Å². The van der Waals surface area contributed by atoms with Crippen LogP contribution in [0, 0.1) is 0 Å². The third-order valence-corrected chi connectivity index (χ3v) is 1.85. The van der Waals surface area contributed by atoms with E-state index in [1.54, 1.807) is 0 Å². The maximum atomic E-state index is 10.8. The summed E-state index contributed by atoms with van der Waals surface area (Å²) in [5.41, 5.74) is 5.05. The summed E-state index contributed by atoms with van der Waals surface area (Å²) < 4.78 is 19.7. The normalized spacial score (nSPS) is 16.3. The van der Waals surface area contributed by atoms with Gasteiger partial charge in [-0.3, -0.25) is 9.05 Å². The van der Waals surface area contributed by atoms with Gasteiger partial charge in [-0.1, -0.05) is 6.92 Å². The summed E-state index contributed by atoms with van der Waals surface area (Å²) in [7, 11) is -3.81. The van der Waals surface area contributed by atoms with Gasteiger partial charge >= 0.3 is 7.82 Å². The maximum Gasteiger partial charge on any atom is 0.472 e. The average molecular weight is 183 g/mol. The van der Waals surface area contributed by atoms with Crippen molar-refractivity contribution in [1.29, 1.82) is 0 Å². The van der Waals surface area contributed by atoms with E-state index in [1.807, 2.05) is 6.92 Å². The molecule has 0 bridgehead atoms. The molecule has 0 heterocycles. The number of nitrogens with two attached hydrogens (primary N) is 1. The summed E-state index contributed by atoms with van der Waals surface area (Å²) in [5, 5.41) is 0. The van der Waals surface area contributed by atoms with Crippen LogP contribution in [0.2, 0.25) is 0 Å². The minimum absolute atomic E-state index is 0.0392. The van der Waals surface area contributed by atoms with Crippen LogP contribution in [0.5, 0.6) is 0 Å². The molecule has 1 unspecified atom stereocenters. The van der Waals surface area contributed by atoms with Gasteiger partial charge in [-0.15, -0.1) is 0 Å². The Balaban J connectivity index is 3.53. The molecule has 0 radical (unpaired) electrons. The third kappa shape index (κ3) is 6.47. The molecule has 5 nitrogen and oxygen atoms in total. The second-order valence-electron chi connectivity index (χ2n) is 1.92. The summed E-state index contributed by atoms with van der Waals surface area (Å²) in [6, 6.07) is 0. The van der Waals surface area contributed by atoms with Crippen molar-refractivity contribution in [3.05, 3.63) is 0 Å². The summed E-state index contributed by atoms with van der Waals surface area (Å²) in [4.78, 5) is 8.83. The topological polar surface area (TPSA) is 81.8 Å². The Morgan fingerprint density at radius 1 is 1.45 bits per heavy atom. The van der Waals surface area contributed by atoms with Crippen molar-refractivity contribution in [2.75, 3.05) is 19.8 Å². The average Bonchev–Trinajstić information content (AvgIpc) is 1.97. The van der Waals surface area contributed by atoms with Crippen molar-refractivity contribution in [3.63, 3.8) is 0 Å². The standard InChI is InChI=1S/C5H14NO4P/c1-2-4-9-11(7,8)10-5-3-6/h2-6H2,1H3,(H,7,8). The quantitative estimate of drug-likeness (QED) is 0.585. The fourth-order valence-corrected chi connectivity index (χ4v) is 1.24. The molecule has 0 rings (SSSR count). The Bertz CT molecular complexity index is 128. The van der Waals surface area contributed by atoms with Crippen LogP contribution in [0.1, 0.15) is 13.3 Å². The fourth-order valence-electron chi connectivity index (χ4n) is 0.412. The minimum Gasteiger partial charge on any atom is -0.328 e. The third-order valence-electron chi connectivity index (χ3n) is 0.831. The van der Waals surface area contributed by atoms with Gasteiger partial charge in [0.25, 0.3) is 0 Å². The number of phosphoric ester groups is 1. The Morgan fingerprint density at radius 3 is 2.45 bits per heavy atom. The molecule has 0 fully saturated rings. The number of phosphoric acid groups is 1. The van der Waals surface area contributed by atoms with E-state index in [0.29, 0.717) is 6.42 Å². The van der Waals surface area contributed by atoms with Gasteiger partial charge in [-0.25, -0.2) is 4.57 Å². The minimum atomic E-state index is -3.81. The molecule has 0 spiro atoms. The van der Waals surface area contributed by atoms with Crippen LogP contribution in [0.25, 0.3) is 0 Å². The molecule has 0 aliphatic rings. The highest BCUT2D eigenvalue weighted by molar-refractivity contribution is 7.47. The lowest BCUT2D eigenvalue weighted by molar-refractivity contribution is 0.152. The largest absolute Gasteiger partial charge is 0.472 e. The molecule has 11 heavy (non-hydrogen) atoms. The lowest BCUT2D eigenvalue weighted by Gasteiger charge is -2.09. The molecule has 0 aliphatic heterocycles. The van der Waals surface area contributed by atoms with Gasteiger partial charge in [-0.05, 0) is 6.42 Å². The smallest absolute Gasteiger partial charge is 0.328 e. The molecule has 3 N–H and O–H groups in total. The Kier molecular flexibility index (Phi) is 5.72. The van der Waals surface area contributed by atoms with Gasteiger partial charge in [0.05, 0.1) is 13.2 Å². The van der Waals surface area contributed by atoms with Gasteiger partial charge in [0.15, 0.2) is 0 Å². The van der Waals surface area contributed by atoms with Crippen molar-refractivity contribution >= 4 is 7.82 Å². The molecule has 0 amide bonds. The molecule has 0 aromatic heterocycles.